The second-order valence-corrected chi connectivity index (χ2v) is 5.03. The lowest BCUT2D eigenvalue weighted by Crippen LogP contribution is -2.43. The number of hydrogen-bond donors (Lipinski definition) is 3. The highest BCUT2D eigenvalue weighted by Gasteiger charge is 2.27. The molecular formula is C12H22N2O4. The van der Waals surface area contributed by atoms with Crippen molar-refractivity contribution in [1.29, 1.82) is 0 Å². The molecule has 0 aromatic heterocycles. The number of carboxylic acids is 1. The van der Waals surface area contributed by atoms with Gasteiger partial charge in [0, 0.05) is 32.7 Å². The molecule has 1 heterocycles. The highest BCUT2D eigenvalue weighted by molar-refractivity contribution is 5.74. The van der Waals surface area contributed by atoms with Crippen molar-refractivity contribution in [3.05, 3.63) is 0 Å². The van der Waals surface area contributed by atoms with Gasteiger partial charge in [-0.05, 0) is 24.7 Å². The van der Waals surface area contributed by atoms with Crippen LogP contribution in [0.3, 0.4) is 0 Å². The Morgan fingerprint density at radius 1 is 1.28 bits per heavy atom. The summed E-state index contributed by atoms with van der Waals surface area (Å²) in [7, 11) is 0. The molecule has 3 N–H and O–H groups in total. The Balaban J connectivity index is 2.10. The van der Waals surface area contributed by atoms with Crippen LogP contribution in [0.2, 0.25) is 0 Å². The lowest BCUT2D eigenvalue weighted by Gasteiger charge is -2.33. The number of rotatable bonds is 6. The van der Waals surface area contributed by atoms with Crippen molar-refractivity contribution < 1.29 is 19.4 Å². The molecule has 0 aromatic carbocycles. The van der Waals surface area contributed by atoms with Crippen LogP contribution in [-0.2, 0) is 9.53 Å². The van der Waals surface area contributed by atoms with E-state index in [-0.39, 0.29) is 17.9 Å². The second-order valence-electron chi connectivity index (χ2n) is 5.03. The molecule has 0 aromatic rings. The molecule has 0 bridgehead atoms. The Kier molecular flexibility index (Phi) is 5.91. The lowest BCUT2D eigenvalue weighted by molar-refractivity contribution is -0.137. The molecule has 104 valence electrons. The summed E-state index contributed by atoms with van der Waals surface area (Å²) in [6.45, 7) is 4.65. The van der Waals surface area contributed by atoms with Crippen LogP contribution in [0.1, 0.15) is 32.6 Å². The highest BCUT2D eigenvalue weighted by Crippen LogP contribution is 2.28. The molecule has 0 radical (unpaired) electrons. The van der Waals surface area contributed by atoms with Gasteiger partial charge in [0.2, 0.25) is 0 Å². The monoisotopic (exact) mass is 258 g/mol. The topological polar surface area (TPSA) is 87.7 Å². The summed E-state index contributed by atoms with van der Waals surface area (Å²) >= 11 is 0. The fourth-order valence-electron chi connectivity index (χ4n) is 1.84. The van der Waals surface area contributed by atoms with E-state index in [1.54, 1.807) is 0 Å². The summed E-state index contributed by atoms with van der Waals surface area (Å²) in [6.07, 6.45) is 2.43. The predicted octanol–water partition coefficient (Wildman–Crippen LogP) is 0.967. The van der Waals surface area contributed by atoms with Crippen LogP contribution in [-0.4, -0.2) is 43.4 Å². The Labute approximate surface area is 107 Å². The number of ether oxygens (including phenoxy) is 1. The van der Waals surface area contributed by atoms with Crippen molar-refractivity contribution in [2.75, 3.05) is 26.3 Å². The minimum atomic E-state index is -0.841. The molecule has 1 aliphatic heterocycles. The minimum Gasteiger partial charge on any atom is -0.481 e. The fraction of sp³-hybridized carbons (Fsp3) is 0.833. The maximum atomic E-state index is 11.5. The zero-order chi connectivity index (χ0) is 13.4. The van der Waals surface area contributed by atoms with E-state index in [0.717, 1.165) is 26.1 Å². The van der Waals surface area contributed by atoms with Gasteiger partial charge in [0.05, 0.1) is 0 Å². The maximum Gasteiger partial charge on any atom is 0.314 e. The van der Waals surface area contributed by atoms with Gasteiger partial charge in [-0.15, -0.1) is 0 Å². The first-order valence-electron chi connectivity index (χ1n) is 6.33. The number of carbonyl (C=O) groups is 2. The molecule has 6 nitrogen and oxygen atoms in total. The van der Waals surface area contributed by atoms with Gasteiger partial charge in [-0.3, -0.25) is 4.79 Å². The highest BCUT2D eigenvalue weighted by atomic mass is 16.5. The van der Waals surface area contributed by atoms with Crippen LogP contribution in [0.5, 0.6) is 0 Å². The van der Waals surface area contributed by atoms with Gasteiger partial charge < -0.3 is 20.5 Å². The molecule has 18 heavy (non-hydrogen) atoms. The molecule has 6 heteroatoms. The number of carbonyl (C=O) groups excluding carboxylic acids is 1. The molecule has 1 fully saturated rings. The SMILES string of the molecule is CC1(CNC(=O)NCCCC(=O)O)CCOCC1. The summed E-state index contributed by atoms with van der Waals surface area (Å²) < 4.78 is 5.29. The standard InChI is InChI=1S/C12H22N2O4/c1-12(4-7-18-8-5-12)9-14-11(17)13-6-2-3-10(15)16/h2-9H2,1H3,(H,15,16)(H2,13,14,17). The summed E-state index contributed by atoms with van der Waals surface area (Å²) in [5.41, 5.74) is 0.108. The first kappa shape index (κ1) is 14.8. The van der Waals surface area contributed by atoms with Crippen molar-refractivity contribution in [3.8, 4) is 0 Å². The first-order chi connectivity index (χ1) is 8.52. The van der Waals surface area contributed by atoms with Gasteiger partial charge >= 0.3 is 12.0 Å². The molecule has 0 aliphatic carbocycles. The zero-order valence-corrected chi connectivity index (χ0v) is 10.8. The molecule has 1 aliphatic rings. The average Bonchev–Trinajstić information content (AvgIpc) is 2.33. The maximum absolute atomic E-state index is 11.5. The third-order valence-corrected chi connectivity index (χ3v) is 3.23. The van der Waals surface area contributed by atoms with Crippen molar-refractivity contribution >= 4 is 12.0 Å². The van der Waals surface area contributed by atoms with E-state index in [4.69, 9.17) is 9.84 Å². The van der Waals surface area contributed by atoms with Crippen LogP contribution in [0.15, 0.2) is 0 Å². The first-order valence-corrected chi connectivity index (χ1v) is 6.33. The molecule has 1 saturated heterocycles. The van der Waals surface area contributed by atoms with Crippen molar-refractivity contribution in [2.24, 2.45) is 5.41 Å². The molecule has 0 spiro atoms. The number of urea groups is 1. The summed E-state index contributed by atoms with van der Waals surface area (Å²) in [6, 6.07) is -0.229. The minimum absolute atomic E-state index is 0.0787. The van der Waals surface area contributed by atoms with E-state index in [1.807, 2.05) is 0 Å². The number of hydrogen-bond acceptors (Lipinski definition) is 3. The Bertz CT molecular complexity index is 288. The smallest absolute Gasteiger partial charge is 0.314 e. The van der Waals surface area contributed by atoms with Crippen molar-refractivity contribution in [2.45, 2.75) is 32.6 Å². The van der Waals surface area contributed by atoms with Crippen LogP contribution in [0.4, 0.5) is 4.79 Å². The van der Waals surface area contributed by atoms with Crippen LogP contribution in [0.25, 0.3) is 0 Å². The van der Waals surface area contributed by atoms with E-state index in [9.17, 15) is 9.59 Å². The van der Waals surface area contributed by atoms with Gasteiger partial charge in [-0.1, -0.05) is 6.92 Å². The molecule has 0 atom stereocenters. The number of aliphatic carboxylic acids is 1. The predicted molar refractivity (Wildman–Crippen MR) is 66.4 cm³/mol. The van der Waals surface area contributed by atoms with Crippen molar-refractivity contribution in [3.63, 3.8) is 0 Å². The van der Waals surface area contributed by atoms with E-state index in [2.05, 4.69) is 17.6 Å². The van der Waals surface area contributed by atoms with Gasteiger partial charge in [0.1, 0.15) is 0 Å². The van der Waals surface area contributed by atoms with E-state index in [1.165, 1.54) is 0 Å². The number of nitrogens with one attached hydrogen (secondary N) is 2. The Hall–Kier alpha value is -1.30. The number of carboxylic acid groups (broad SMARTS) is 1. The zero-order valence-electron chi connectivity index (χ0n) is 10.8. The fourth-order valence-corrected chi connectivity index (χ4v) is 1.84. The van der Waals surface area contributed by atoms with Gasteiger partial charge in [-0.25, -0.2) is 4.79 Å². The van der Waals surface area contributed by atoms with E-state index >= 15 is 0 Å². The van der Waals surface area contributed by atoms with E-state index in [0.29, 0.717) is 19.5 Å². The van der Waals surface area contributed by atoms with Gasteiger partial charge in [0.25, 0.3) is 0 Å². The molecule has 2 amide bonds. The molecular weight excluding hydrogens is 236 g/mol. The normalized spacial score (nSPS) is 18.1. The van der Waals surface area contributed by atoms with Gasteiger partial charge in [-0.2, -0.15) is 0 Å². The average molecular weight is 258 g/mol. The van der Waals surface area contributed by atoms with Crippen LogP contribution in [0, 0.1) is 5.41 Å². The van der Waals surface area contributed by atoms with Crippen molar-refractivity contribution in [1.82, 2.24) is 10.6 Å². The summed E-state index contributed by atoms with van der Waals surface area (Å²) in [5, 5.41) is 13.9. The van der Waals surface area contributed by atoms with Crippen LogP contribution >= 0.6 is 0 Å². The van der Waals surface area contributed by atoms with Gasteiger partial charge in [0.15, 0.2) is 0 Å². The number of amides is 2. The Morgan fingerprint density at radius 2 is 1.94 bits per heavy atom. The Morgan fingerprint density at radius 3 is 2.56 bits per heavy atom. The molecule has 0 saturated carbocycles. The third kappa shape index (κ3) is 5.86. The largest absolute Gasteiger partial charge is 0.481 e. The lowest BCUT2D eigenvalue weighted by atomic mass is 9.82. The molecule has 0 unspecified atom stereocenters. The third-order valence-electron chi connectivity index (χ3n) is 3.23. The summed E-state index contributed by atoms with van der Waals surface area (Å²) in [5.74, 6) is -0.841. The quantitative estimate of drug-likeness (QED) is 0.619. The second kappa shape index (κ2) is 7.20. The summed E-state index contributed by atoms with van der Waals surface area (Å²) in [4.78, 5) is 21.7. The van der Waals surface area contributed by atoms with Crippen LogP contribution < -0.4 is 10.6 Å². The van der Waals surface area contributed by atoms with E-state index < -0.39 is 5.97 Å². The molecule has 1 rings (SSSR count).